The van der Waals surface area contributed by atoms with Crippen molar-refractivity contribution in [2.45, 2.75) is 25.6 Å². The molecule has 0 radical (unpaired) electrons. The lowest BCUT2D eigenvalue weighted by molar-refractivity contribution is -0.137. The molecule has 11 heteroatoms. The minimum atomic E-state index is -4.55. The van der Waals surface area contributed by atoms with Crippen LogP contribution in [0.5, 0.6) is 5.75 Å². The van der Waals surface area contributed by atoms with E-state index >= 15 is 0 Å². The van der Waals surface area contributed by atoms with Gasteiger partial charge in [0, 0.05) is 30.7 Å². The van der Waals surface area contributed by atoms with Gasteiger partial charge < -0.3 is 18.9 Å². The largest absolute Gasteiger partial charge is 0.479 e. The van der Waals surface area contributed by atoms with E-state index in [0.717, 1.165) is 6.07 Å². The number of hydrogen-bond donors (Lipinski definition) is 0. The summed E-state index contributed by atoms with van der Waals surface area (Å²) in [5.41, 5.74) is -1.78. The SMILES string of the molecule is Cn1c(-c2ccccc2C(F)(F)F)nnc1C(C)(C)Oc1ccc(Cl)cc1C(=O)N1CCOCC1. The van der Waals surface area contributed by atoms with Crippen LogP contribution in [0, 0.1) is 0 Å². The normalized spacial score (nSPS) is 14.8. The summed E-state index contributed by atoms with van der Waals surface area (Å²) in [5.74, 6) is 0.352. The van der Waals surface area contributed by atoms with E-state index in [9.17, 15) is 18.0 Å². The minimum absolute atomic E-state index is 0.0466. The van der Waals surface area contributed by atoms with Gasteiger partial charge in [0.25, 0.3) is 5.91 Å². The summed E-state index contributed by atoms with van der Waals surface area (Å²) in [6, 6.07) is 9.92. The maximum atomic E-state index is 13.6. The van der Waals surface area contributed by atoms with Crippen molar-refractivity contribution in [3.05, 3.63) is 64.4 Å². The molecule has 2 aromatic carbocycles. The van der Waals surface area contributed by atoms with Crippen molar-refractivity contribution in [3.8, 4) is 17.1 Å². The van der Waals surface area contributed by atoms with E-state index in [1.807, 2.05) is 0 Å². The predicted octanol–water partition coefficient (Wildman–Crippen LogP) is 4.94. The average molecular weight is 509 g/mol. The number of amides is 1. The molecule has 1 saturated heterocycles. The van der Waals surface area contributed by atoms with Crippen molar-refractivity contribution in [1.82, 2.24) is 19.7 Å². The highest BCUT2D eigenvalue weighted by Crippen LogP contribution is 2.38. The Balaban J connectivity index is 1.68. The molecule has 4 rings (SSSR count). The number of carbonyl (C=O) groups excluding carboxylic acids is 1. The Bertz CT molecular complexity index is 1240. The Labute approximate surface area is 205 Å². The molecule has 1 aromatic heterocycles. The topological polar surface area (TPSA) is 69.5 Å². The van der Waals surface area contributed by atoms with Crippen LogP contribution in [0.3, 0.4) is 0 Å². The van der Waals surface area contributed by atoms with E-state index in [4.69, 9.17) is 21.1 Å². The van der Waals surface area contributed by atoms with Crippen LogP contribution in [0.4, 0.5) is 13.2 Å². The second kappa shape index (κ2) is 9.50. The Morgan fingerprint density at radius 2 is 1.77 bits per heavy atom. The summed E-state index contributed by atoms with van der Waals surface area (Å²) < 4.78 is 53.7. The molecule has 1 aliphatic rings. The molecule has 0 saturated carbocycles. The van der Waals surface area contributed by atoms with E-state index in [-0.39, 0.29) is 34.4 Å². The van der Waals surface area contributed by atoms with Crippen LogP contribution in [0.1, 0.15) is 35.6 Å². The highest BCUT2D eigenvalue weighted by atomic mass is 35.5. The number of halogens is 4. The van der Waals surface area contributed by atoms with Crippen LogP contribution >= 0.6 is 11.6 Å². The number of aromatic nitrogens is 3. The van der Waals surface area contributed by atoms with Gasteiger partial charge in [-0.05, 0) is 38.1 Å². The highest BCUT2D eigenvalue weighted by Gasteiger charge is 2.37. The fourth-order valence-corrected chi connectivity index (χ4v) is 4.20. The molecule has 186 valence electrons. The third-order valence-corrected chi connectivity index (χ3v) is 5.96. The molecule has 0 spiro atoms. The lowest BCUT2D eigenvalue weighted by Gasteiger charge is -2.30. The van der Waals surface area contributed by atoms with Crippen LogP contribution < -0.4 is 4.74 Å². The molecule has 3 aromatic rings. The Morgan fingerprint density at radius 1 is 1.09 bits per heavy atom. The summed E-state index contributed by atoms with van der Waals surface area (Å²) in [5, 5.41) is 8.56. The summed E-state index contributed by atoms with van der Waals surface area (Å²) in [7, 11) is 1.57. The minimum Gasteiger partial charge on any atom is -0.479 e. The third kappa shape index (κ3) is 5.13. The lowest BCUT2D eigenvalue weighted by atomic mass is 10.1. The van der Waals surface area contributed by atoms with E-state index in [2.05, 4.69) is 10.2 Å². The zero-order chi connectivity index (χ0) is 25.4. The molecule has 2 heterocycles. The summed E-state index contributed by atoms with van der Waals surface area (Å²) in [6.45, 7) is 5.17. The summed E-state index contributed by atoms with van der Waals surface area (Å²) >= 11 is 6.17. The maximum Gasteiger partial charge on any atom is 0.417 e. The van der Waals surface area contributed by atoms with Crippen LogP contribution in [0.25, 0.3) is 11.4 Å². The van der Waals surface area contributed by atoms with E-state index < -0.39 is 17.3 Å². The summed E-state index contributed by atoms with van der Waals surface area (Å²) in [6.07, 6.45) is -4.55. The van der Waals surface area contributed by atoms with Crippen molar-refractivity contribution >= 4 is 17.5 Å². The second-order valence-corrected chi connectivity index (χ2v) is 9.04. The Hall–Kier alpha value is -3.11. The Morgan fingerprint density at radius 3 is 2.46 bits per heavy atom. The number of morpholine rings is 1. The van der Waals surface area contributed by atoms with Crippen molar-refractivity contribution in [2.75, 3.05) is 26.3 Å². The zero-order valence-electron chi connectivity index (χ0n) is 19.4. The maximum absolute atomic E-state index is 13.6. The van der Waals surface area contributed by atoms with Crippen LogP contribution in [-0.2, 0) is 23.6 Å². The van der Waals surface area contributed by atoms with Gasteiger partial charge in [-0.2, -0.15) is 13.2 Å². The standard InChI is InChI=1S/C24H24ClF3N4O3/c1-23(2,22-30-29-20(31(22)3)16-6-4-5-7-18(16)24(26,27)28)35-19-9-8-15(25)14-17(19)21(33)32-10-12-34-13-11-32/h4-9,14H,10-13H2,1-3H3. The molecule has 1 amide bonds. The number of rotatable bonds is 5. The smallest absolute Gasteiger partial charge is 0.417 e. The van der Waals surface area contributed by atoms with Gasteiger partial charge in [0.2, 0.25) is 0 Å². The van der Waals surface area contributed by atoms with Gasteiger partial charge in [0.15, 0.2) is 17.2 Å². The van der Waals surface area contributed by atoms with Gasteiger partial charge in [-0.1, -0.05) is 29.8 Å². The molecule has 7 nitrogen and oxygen atoms in total. The fourth-order valence-electron chi connectivity index (χ4n) is 4.03. The predicted molar refractivity (Wildman–Crippen MR) is 123 cm³/mol. The third-order valence-electron chi connectivity index (χ3n) is 5.72. The van der Waals surface area contributed by atoms with Gasteiger partial charge in [0.05, 0.1) is 24.3 Å². The number of benzene rings is 2. The van der Waals surface area contributed by atoms with Crippen molar-refractivity contribution < 1.29 is 27.4 Å². The lowest BCUT2D eigenvalue weighted by Crippen LogP contribution is -2.41. The fraction of sp³-hybridized carbons (Fsp3) is 0.375. The molecule has 35 heavy (non-hydrogen) atoms. The number of carbonyl (C=O) groups is 1. The van der Waals surface area contributed by atoms with Crippen molar-refractivity contribution in [2.24, 2.45) is 7.05 Å². The Kier molecular flexibility index (Phi) is 6.79. The molecule has 0 bridgehead atoms. The van der Waals surface area contributed by atoms with Gasteiger partial charge in [-0.25, -0.2) is 0 Å². The molecule has 0 N–H and O–H groups in total. The van der Waals surface area contributed by atoms with Crippen LogP contribution in [-0.4, -0.2) is 51.9 Å². The first-order chi connectivity index (χ1) is 16.5. The molecule has 0 aliphatic carbocycles. The van der Waals surface area contributed by atoms with Crippen LogP contribution in [0.15, 0.2) is 42.5 Å². The van der Waals surface area contributed by atoms with Gasteiger partial charge in [-0.3, -0.25) is 4.79 Å². The molecular weight excluding hydrogens is 485 g/mol. The number of ether oxygens (including phenoxy) is 2. The van der Waals surface area contributed by atoms with Gasteiger partial charge >= 0.3 is 6.18 Å². The number of hydrogen-bond acceptors (Lipinski definition) is 5. The number of alkyl halides is 3. The zero-order valence-corrected chi connectivity index (χ0v) is 20.2. The van der Waals surface area contributed by atoms with E-state index in [1.54, 1.807) is 37.9 Å². The van der Waals surface area contributed by atoms with Gasteiger partial charge in [0.1, 0.15) is 5.75 Å². The monoisotopic (exact) mass is 508 g/mol. The van der Waals surface area contributed by atoms with Crippen LogP contribution in [0.2, 0.25) is 5.02 Å². The molecular formula is C24H24ClF3N4O3. The molecule has 0 unspecified atom stereocenters. The van der Waals surface area contributed by atoms with E-state index in [0.29, 0.717) is 31.3 Å². The summed E-state index contributed by atoms with van der Waals surface area (Å²) in [4.78, 5) is 14.8. The quantitative estimate of drug-likeness (QED) is 0.488. The molecule has 0 atom stereocenters. The number of nitrogens with zero attached hydrogens (tertiary/aromatic N) is 4. The van der Waals surface area contributed by atoms with E-state index in [1.165, 1.54) is 28.8 Å². The van der Waals surface area contributed by atoms with Crippen molar-refractivity contribution in [3.63, 3.8) is 0 Å². The average Bonchev–Trinajstić information content (AvgIpc) is 3.22. The second-order valence-electron chi connectivity index (χ2n) is 8.61. The van der Waals surface area contributed by atoms with Crippen molar-refractivity contribution in [1.29, 1.82) is 0 Å². The first-order valence-corrected chi connectivity index (χ1v) is 11.3. The van der Waals surface area contributed by atoms with Gasteiger partial charge in [-0.15, -0.1) is 10.2 Å². The first-order valence-electron chi connectivity index (χ1n) is 10.9. The molecule has 1 aliphatic heterocycles. The molecule has 1 fully saturated rings. The first kappa shape index (κ1) is 25.0. The highest BCUT2D eigenvalue weighted by molar-refractivity contribution is 6.31.